The average Bonchev–Trinajstić information content (AvgIpc) is 2.37. The Morgan fingerprint density at radius 2 is 1.90 bits per heavy atom. The van der Waals surface area contributed by atoms with Gasteiger partial charge in [-0.05, 0) is 31.0 Å². The molecule has 0 heterocycles. The van der Waals surface area contributed by atoms with Crippen LogP contribution in [0, 0.1) is 5.41 Å². The molecule has 0 saturated heterocycles. The van der Waals surface area contributed by atoms with E-state index < -0.39 is 16.0 Å². The van der Waals surface area contributed by atoms with Gasteiger partial charge < -0.3 is 10.4 Å². The van der Waals surface area contributed by atoms with Crippen LogP contribution in [0.4, 0.5) is 5.69 Å². The second-order valence-electron chi connectivity index (χ2n) is 5.93. The number of anilines is 1. The number of para-hydroxylation sites is 1. The minimum absolute atomic E-state index is 0.0553. The Kier molecular flexibility index (Phi) is 5.36. The van der Waals surface area contributed by atoms with Crippen molar-refractivity contribution in [3.8, 4) is 0 Å². The first-order valence-electron chi connectivity index (χ1n) is 6.62. The lowest BCUT2D eigenvalue weighted by Gasteiger charge is -2.20. The number of hydrogen-bond acceptors (Lipinski definition) is 4. The lowest BCUT2D eigenvalue weighted by molar-refractivity contribution is 0.0697. The summed E-state index contributed by atoms with van der Waals surface area (Å²) in [6.45, 7) is 6.66. The van der Waals surface area contributed by atoms with E-state index in [0.29, 0.717) is 6.54 Å². The van der Waals surface area contributed by atoms with Crippen LogP contribution in [0.5, 0.6) is 0 Å². The molecule has 0 saturated carbocycles. The summed E-state index contributed by atoms with van der Waals surface area (Å²) in [4.78, 5) is 11.2. The zero-order valence-corrected chi connectivity index (χ0v) is 13.5. The highest BCUT2D eigenvalue weighted by atomic mass is 32.2. The lowest BCUT2D eigenvalue weighted by Crippen LogP contribution is -2.22. The second kappa shape index (κ2) is 6.44. The molecule has 0 fully saturated rings. The number of sulfonamides is 1. The zero-order chi connectivity index (χ0) is 16.3. The van der Waals surface area contributed by atoms with E-state index in [4.69, 9.17) is 0 Å². The quantitative estimate of drug-likeness (QED) is 0.747. The first-order valence-corrected chi connectivity index (χ1v) is 8.10. The van der Waals surface area contributed by atoms with Crippen molar-refractivity contribution in [2.24, 2.45) is 5.41 Å². The van der Waals surface area contributed by atoms with Gasteiger partial charge in [0.2, 0.25) is 10.0 Å². The van der Waals surface area contributed by atoms with Crippen molar-refractivity contribution in [3.63, 3.8) is 0 Å². The van der Waals surface area contributed by atoms with Crippen molar-refractivity contribution in [2.45, 2.75) is 32.1 Å². The Balaban J connectivity index is 3.22. The fraction of sp³-hybridized carbons (Fsp3) is 0.500. The van der Waals surface area contributed by atoms with E-state index >= 15 is 0 Å². The molecule has 0 amide bonds. The summed E-state index contributed by atoms with van der Waals surface area (Å²) in [5.74, 6) is -1.17. The van der Waals surface area contributed by atoms with Gasteiger partial charge >= 0.3 is 5.97 Å². The summed E-state index contributed by atoms with van der Waals surface area (Å²) >= 11 is 0. The van der Waals surface area contributed by atoms with Crippen molar-refractivity contribution in [1.29, 1.82) is 0 Å². The molecular weight excluding hydrogens is 292 g/mol. The van der Waals surface area contributed by atoms with Crippen molar-refractivity contribution in [3.05, 3.63) is 23.8 Å². The summed E-state index contributed by atoms with van der Waals surface area (Å²) in [6.07, 6.45) is 0.778. The van der Waals surface area contributed by atoms with Crippen LogP contribution in [0.25, 0.3) is 0 Å². The number of rotatable bonds is 6. The van der Waals surface area contributed by atoms with E-state index in [2.05, 4.69) is 30.8 Å². The maximum absolute atomic E-state index is 12.0. The zero-order valence-electron chi connectivity index (χ0n) is 12.7. The molecule has 7 heteroatoms. The largest absolute Gasteiger partial charge is 0.478 e. The van der Waals surface area contributed by atoms with Gasteiger partial charge in [-0.15, -0.1) is 0 Å². The molecule has 0 aromatic heterocycles. The number of aromatic carboxylic acids is 1. The molecule has 0 aliphatic heterocycles. The number of hydrogen-bond donors (Lipinski definition) is 3. The van der Waals surface area contributed by atoms with E-state index in [1.807, 2.05) is 0 Å². The van der Waals surface area contributed by atoms with E-state index in [0.717, 1.165) is 6.42 Å². The number of carbonyl (C=O) groups is 1. The van der Waals surface area contributed by atoms with Crippen molar-refractivity contribution in [1.82, 2.24) is 4.72 Å². The third kappa shape index (κ3) is 4.71. The van der Waals surface area contributed by atoms with Gasteiger partial charge in [0.25, 0.3) is 0 Å². The van der Waals surface area contributed by atoms with Crippen LogP contribution in [0.2, 0.25) is 0 Å². The fourth-order valence-corrected chi connectivity index (χ4v) is 2.72. The molecule has 0 spiro atoms. The first kappa shape index (κ1) is 17.5. The molecular formula is C14H22N2O4S. The Morgan fingerprint density at radius 1 is 1.29 bits per heavy atom. The highest BCUT2D eigenvalue weighted by Gasteiger charge is 2.22. The van der Waals surface area contributed by atoms with Gasteiger partial charge in [-0.3, -0.25) is 0 Å². The lowest BCUT2D eigenvalue weighted by atomic mass is 9.92. The second-order valence-corrected chi connectivity index (χ2v) is 7.78. The highest BCUT2D eigenvalue weighted by Crippen LogP contribution is 2.27. The molecule has 1 rings (SSSR count). The van der Waals surface area contributed by atoms with E-state index in [-0.39, 0.29) is 21.6 Å². The standard InChI is InChI=1S/C14H22N2O4S/c1-14(2,3)8-9-16-12-10(13(17)18)6-5-7-11(12)21(19,20)15-4/h5-7,15-16H,8-9H2,1-4H3,(H,17,18). The van der Waals surface area contributed by atoms with Gasteiger partial charge in [0.15, 0.2) is 0 Å². The minimum atomic E-state index is -3.73. The maximum atomic E-state index is 12.0. The van der Waals surface area contributed by atoms with Gasteiger partial charge in [-0.2, -0.15) is 0 Å². The van der Waals surface area contributed by atoms with Crippen molar-refractivity contribution in [2.75, 3.05) is 18.9 Å². The molecule has 0 aliphatic carbocycles. The third-order valence-electron chi connectivity index (χ3n) is 2.99. The number of carboxylic acid groups (broad SMARTS) is 1. The van der Waals surface area contributed by atoms with Crippen LogP contribution in [0.15, 0.2) is 23.1 Å². The third-order valence-corrected chi connectivity index (χ3v) is 4.45. The van der Waals surface area contributed by atoms with Crippen LogP contribution in [0.1, 0.15) is 37.6 Å². The summed E-state index contributed by atoms with van der Waals surface area (Å²) in [5, 5.41) is 12.2. The Bertz CT molecular complexity index is 618. The van der Waals surface area contributed by atoms with Gasteiger partial charge in [0.05, 0.1) is 11.3 Å². The van der Waals surface area contributed by atoms with Crippen LogP contribution in [0.3, 0.4) is 0 Å². The molecule has 0 bridgehead atoms. The van der Waals surface area contributed by atoms with Gasteiger partial charge in [0, 0.05) is 6.54 Å². The van der Waals surface area contributed by atoms with Gasteiger partial charge in [-0.25, -0.2) is 17.9 Å². The summed E-state index contributed by atoms with van der Waals surface area (Å²) in [6, 6.07) is 4.19. The van der Waals surface area contributed by atoms with Crippen LogP contribution < -0.4 is 10.0 Å². The molecule has 6 nitrogen and oxygen atoms in total. The first-order chi connectivity index (χ1) is 9.58. The van der Waals surface area contributed by atoms with Crippen molar-refractivity contribution >= 4 is 21.7 Å². The molecule has 0 unspecified atom stereocenters. The number of nitrogens with one attached hydrogen (secondary N) is 2. The average molecular weight is 314 g/mol. The number of benzene rings is 1. The van der Waals surface area contributed by atoms with E-state index in [1.54, 1.807) is 0 Å². The molecule has 0 aliphatic rings. The van der Waals surface area contributed by atoms with Crippen molar-refractivity contribution < 1.29 is 18.3 Å². The molecule has 3 N–H and O–H groups in total. The molecule has 0 radical (unpaired) electrons. The Hall–Kier alpha value is -1.60. The Morgan fingerprint density at radius 3 is 2.38 bits per heavy atom. The van der Waals surface area contributed by atoms with Crippen LogP contribution >= 0.6 is 0 Å². The van der Waals surface area contributed by atoms with Gasteiger partial charge in [0.1, 0.15) is 4.90 Å². The SMILES string of the molecule is CNS(=O)(=O)c1cccc(C(=O)O)c1NCCC(C)(C)C. The Labute approximate surface area is 125 Å². The number of carboxylic acids is 1. The summed E-state index contributed by atoms with van der Waals surface area (Å²) in [7, 11) is -2.43. The molecule has 1 aromatic carbocycles. The smallest absolute Gasteiger partial charge is 0.337 e. The van der Waals surface area contributed by atoms with Gasteiger partial charge in [-0.1, -0.05) is 26.8 Å². The normalized spacial score (nSPS) is 12.2. The van der Waals surface area contributed by atoms with Crippen LogP contribution in [-0.2, 0) is 10.0 Å². The molecule has 0 atom stereocenters. The van der Waals surface area contributed by atoms with E-state index in [1.165, 1.54) is 25.2 Å². The predicted octanol–water partition coefficient (Wildman–Crippen LogP) is 2.14. The fourth-order valence-electron chi connectivity index (χ4n) is 1.79. The highest BCUT2D eigenvalue weighted by molar-refractivity contribution is 7.89. The monoisotopic (exact) mass is 314 g/mol. The predicted molar refractivity (Wildman–Crippen MR) is 82.2 cm³/mol. The molecule has 1 aromatic rings. The minimum Gasteiger partial charge on any atom is -0.478 e. The summed E-state index contributed by atoms with van der Waals surface area (Å²) < 4.78 is 26.2. The maximum Gasteiger partial charge on any atom is 0.337 e. The molecule has 21 heavy (non-hydrogen) atoms. The van der Waals surface area contributed by atoms with E-state index in [9.17, 15) is 18.3 Å². The summed E-state index contributed by atoms with van der Waals surface area (Å²) in [5.41, 5.74) is 0.136. The van der Waals surface area contributed by atoms with Crippen LogP contribution in [-0.4, -0.2) is 33.1 Å². The molecule has 118 valence electrons. The topological polar surface area (TPSA) is 95.5 Å².